The molecule has 144 valence electrons. The van der Waals surface area contributed by atoms with Gasteiger partial charge < -0.3 is 9.47 Å². The van der Waals surface area contributed by atoms with Crippen molar-refractivity contribution < 1.29 is 14.3 Å². The largest absolute Gasteiger partial charge is 0.489 e. The number of rotatable bonds is 8. The highest BCUT2D eigenvalue weighted by Gasteiger charge is 2.02. The second-order valence-electron chi connectivity index (χ2n) is 6.06. The van der Waals surface area contributed by atoms with Gasteiger partial charge in [-0.05, 0) is 47.5 Å². The zero-order chi connectivity index (χ0) is 20.3. The molecule has 3 aromatic rings. The third kappa shape index (κ3) is 6.52. The Balaban J connectivity index is 1.40. The highest BCUT2D eigenvalue weighted by molar-refractivity contribution is 5.83. The van der Waals surface area contributed by atoms with Crippen molar-refractivity contribution in [2.24, 2.45) is 5.10 Å². The lowest BCUT2D eigenvalue weighted by molar-refractivity contribution is -0.123. The third-order valence-electron chi connectivity index (χ3n) is 3.88. The van der Waals surface area contributed by atoms with E-state index in [-0.39, 0.29) is 12.5 Å². The smallest absolute Gasteiger partial charge is 0.277 e. The number of carbonyl (C=O) groups is 1. The van der Waals surface area contributed by atoms with Crippen molar-refractivity contribution in [3.8, 4) is 17.6 Å². The molecule has 0 aliphatic rings. The number of hydrogen-bond acceptors (Lipinski definition) is 5. The standard InChI is InChI=1S/C23H19N3O3/c24-14-18-6-8-19(9-7-18)15-25-26-23(27)17-29-22-12-10-21(11-13-22)28-16-20-4-2-1-3-5-20/h1-13,15H,16-17H2,(H,26,27)/b25-15-. The Morgan fingerprint density at radius 3 is 2.24 bits per heavy atom. The first-order chi connectivity index (χ1) is 14.2. The van der Waals surface area contributed by atoms with Crippen LogP contribution in [0.5, 0.6) is 11.5 Å². The number of amides is 1. The molecular formula is C23H19N3O3. The third-order valence-corrected chi connectivity index (χ3v) is 3.88. The van der Waals surface area contributed by atoms with Crippen LogP contribution in [0, 0.1) is 11.3 Å². The number of nitrogens with one attached hydrogen (secondary N) is 1. The topological polar surface area (TPSA) is 83.7 Å². The summed E-state index contributed by atoms with van der Waals surface area (Å²) < 4.78 is 11.2. The lowest BCUT2D eigenvalue weighted by Gasteiger charge is -2.08. The van der Waals surface area contributed by atoms with Crippen LogP contribution in [0.3, 0.4) is 0 Å². The van der Waals surface area contributed by atoms with Crippen LogP contribution in [0.1, 0.15) is 16.7 Å². The second kappa shape index (κ2) is 10.3. The number of nitriles is 1. The van der Waals surface area contributed by atoms with E-state index in [1.807, 2.05) is 36.4 Å². The minimum absolute atomic E-state index is 0.158. The summed E-state index contributed by atoms with van der Waals surface area (Å²) in [5.41, 5.74) is 4.82. The monoisotopic (exact) mass is 385 g/mol. The van der Waals surface area contributed by atoms with Gasteiger partial charge in [-0.25, -0.2) is 5.43 Å². The fourth-order valence-corrected chi connectivity index (χ4v) is 2.38. The minimum atomic E-state index is -0.376. The van der Waals surface area contributed by atoms with Crippen LogP contribution in [0.2, 0.25) is 0 Å². The molecule has 1 amide bonds. The molecule has 0 radical (unpaired) electrons. The zero-order valence-electron chi connectivity index (χ0n) is 15.6. The molecule has 0 aliphatic carbocycles. The van der Waals surface area contributed by atoms with E-state index in [0.29, 0.717) is 17.9 Å². The zero-order valence-corrected chi connectivity index (χ0v) is 15.6. The Morgan fingerprint density at radius 2 is 1.59 bits per heavy atom. The van der Waals surface area contributed by atoms with Crippen LogP contribution in [-0.2, 0) is 11.4 Å². The van der Waals surface area contributed by atoms with Crippen molar-refractivity contribution >= 4 is 12.1 Å². The van der Waals surface area contributed by atoms with Gasteiger partial charge in [0, 0.05) is 0 Å². The molecule has 3 aromatic carbocycles. The van der Waals surface area contributed by atoms with Crippen LogP contribution in [-0.4, -0.2) is 18.7 Å². The molecule has 0 saturated heterocycles. The predicted octanol–water partition coefficient (Wildman–Crippen LogP) is 3.67. The molecule has 29 heavy (non-hydrogen) atoms. The molecule has 3 rings (SSSR count). The molecule has 6 heteroatoms. The molecule has 0 spiro atoms. The molecule has 0 heterocycles. The highest BCUT2D eigenvalue weighted by Crippen LogP contribution is 2.18. The molecular weight excluding hydrogens is 366 g/mol. The van der Waals surface area contributed by atoms with E-state index in [9.17, 15) is 4.79 Å². The Bertz CT molecular complexity index is 992. The van der Waals surface area contributed by atoms with E-state index < -0.39 is 0 Å². The molecule has 0 bridgehead atoms. The Morgan fingerprint density at radius 1 is 0.931 bits per heavy atom. The number of carbonyl (C=O) groups excluding carboxylic acids is 1. The summed E-state index contributed by atoms with van der Waals surface area (Å²) in [6, 6.07) is 25.9. The number of benzene rings is 3. The molecule has 0 saturated carbocycles. The quantitative estimate of drug-likeness (QED) is 0.474. The van der Waals surface area contributed by atoms with E-state index in [1.54, 1.807) is 48.5 Å². The van der Waals surface area contributed by atoms with E-state index >= 15 is 0 Å². The van der Waals surface area contributed by atoms with E-state index in [0.717, 1.165) is 16.9 Å². The fourth-order valence-electron chi connectivity index (χ4n) is 2.38. The van der Waals surface area contributed by atoms with Crippen molar-refractivity contribution in [3.63, 3.8) is 0 Å². The number of ether oxygens (including phenoxy) is 2. The second-order valence-corrected chi connectivity index (χ2v) is 6.06. The summed E-state index contributed by atoms with van der Waals surface area (Å²) in [5.74, 6) is 0.903. The van der Waals surface area contributed by atoms with Gasteiger partial charge in [-0.15, -0.1) is 0 Å². The molecule has 0 aromatic heterocycles. The summed E-state index contributed by atoms with van der Waals surface area (Å²) in [5, 5.41) is 12.6. The highest BCUT2D eigenvalue weighted by atomic mass is 16.5. The lowest BCUT2D eigenvalue weighted by atomic mass is 10.2. The molecule has 0 fully saturated rings. The predicted molar refractivity (Wildman–Crippen MR) is 110 cm³/mol. The summed E-state index contributed by atoms with van der Waals surface area (Å²) in [6.07, 6.45) is 1.50. The SMILES string of the molecule is N#Cc1ccc(/C=N\NC(=O)COc2ccc(OCc3ccccc3)cc2)cc1. The molecule has 0 atom stereocenters. The first-order valence-corrected chi connectivity index (χ1v) is 8.94. The Labute approximate surface area is 169 Å². The maximum atomic E-state index is 11.8. The van der Waals surface area contributed by atoms with Crippen molar-refractivity contribution in [1.29, 1.82) is 5.26 Å². The van der Waals surface area contributed by atoms with Crippen molar-refractivity contribution in [2.75, 3.05) is 6.61 Å². The number of nitrogens with zero attached hydrogens (tertiary/aromatic N) is 2. The molecule has 0 unspecified atom stereocenters. The maximum Gasteiger partial charge on any atom is 0.277 e. The summed E-state index contributed by atoms with van der Waals surface area (Å²) in [7, 11) is 0. The normalized spacial score (nSPS) is 10.3. The summed E-state index contributed by atoms with van der Waals surface area (Å²) in [6.45, 7) is 0.329. The molecule has 6 nitrogen and oxygen atoms in total. The summed E-state index contributed by atoms with van der Waals surface area (Å²) >= 11 is 0. The van der Waals surface area contributed by atoms with Crippen LogP contribution >= 0.6 is 0 Å². The number of hydrazone groups is 1. The van der Waals surface area contributed by atoms with Crippen molar-refractivity contribution in [2.45, 2.75) is 6.61 Å². The first kappa shape index (κ1) is 19.6. The van der Waals surface area contributed by atoms with E-state index in [2.05, 4.69) is 10.5 Å². The summed E-state index contributed by atoms with van der Waals surface area (Å²) in [4.78, 5) is 11.8. The van der Waals surface area contributed by atoms with E-state index in [4.69, 9.17) is 14.7 Å². The van der Waals surface area contributed by atoms with Crippen LogP contribution < -0.4 is 14.9 Å². The Kier molecular flexibility index (Phi) is 6.97. The van der Waals surface area contributed by atoms with Gasteiger partial charge >= 0.3 is 0 Å². The maximum absolute atomic E-state index is 11.8. The lowest BCUT2D eigenvalue weighted by Crippen LogP contribution is -2.24. The first-order valence-electron chi connectivity index (χ1n) is 8.94. The van der Waals surface area contributed by atoms with Crippen LogP contribution in [0.4, 0.5) is 0 Å². The van der Waals surface area contributed by atoms with Crippen molar-refractivity contribution in [3.05, 3.63) is 95.6 Å². The average molecular weight is 385 g/mol. The van der Waals surface area contributed by atoms with Gasteiger partial charge in [0.05, 0.1) is 17.8 Å². The van der Waals surface area contributed by atoms with Crippen LogP contribution in [0.25, 0.3) is 0 Å². The van der Waals surface area contributed by atoms with Crippen molar-refractivity contribution in [1.82, 2.24) is 5.43 Å². The Hall–Kier alpha value is -4.11. The van der Waals surface area contributed by atoms with Gasteiger partial charge in [-0.2, -0.15) is 10.4 Å². The van der Waals surface area contributed by atoms with Gasteiger partial charge in [0.1, 0.15) is 18.1 Å². The van der Waals surface area contributed by atoms with Gasteiger partial charge in [0.25, 0.3) is 5.91 Å². The minimum Gasteiger partial charge on any atom is -0.489 e. The molecule has 1 N–H and O–H groups in total. The van der Waals surface area contributed by atoms with Gasteiger partial charge in [-0.3, -0.25) is 4.79 Å². The average Bonchev–Trinajstić information content (AvgIpc) is 2.78. The number of hydrogen-bond donors (Lipinski definition) is 1. The van der Waals surface area contributed by atoms with Crippen LogP contribution in [0.15, 0.2) is 84.0 Å². The van der Waals surface area contributed by atoms with Gasteiger partial charge in [0.2, 0.25) is 0 Å². The fraction of sp³-hybridized carbons (Fsp3) is 0.0870. The molecule has 0 aliphatic heterocycles. The van der Waals surface area contributed by atoms with Gasteiger partial charge in [0.15, 0.2) is 6.61 Å². The van der Waals surface area contributed by atoms with E-state index in [1.165, 1.54) is 6.21 Å². The van der Waals surface area contributed by atoms with Gasteiger partial charge in [-0.1, -0.05) is 42.5 Å².